The predicted molar refractivity (Wildman–Crippen MR) is 88.2 cm³/mol. The molecule has 0 saturated carbocycles. The van der Waals surface area contributed by atoms with Gasteiger partial charge < -0.3 is 24.5 Å². The van der Waals surface area contributed by atoms with Crippen molar-refractivity contribution < 1.29 is 29.3 Å². The van der Waals surface area contributed by atoms with Gasteiger partial charge >= 0.3 is 5.97 Å². The van der Waals surface area contributed by atoms with E-state index in [9.17, 15) is 15.0 Å². The van der Waals surface area contributed by atoms with Crippen LogP contribution in [0.1, 0.15) is 5.56 Å². The zero-order valence-corrected chi connectivity index (χ0v) is 12.7. The summed E-state index contributed by atoms with van der Waals surface area (Å²) in [6.07, 6.45) is 2.37. The van der Waals surface area contributed by atoms with Gasteiger partial charge in [-0.3, -0.25) is 0 Å². The van der Waals surface area contributed by atoms with E-state index in [1.807, 2.05) is 0 Å². The van der Waals surface area contributed by atoms with E-state index in [4.69, 9.17) is 14.3 Å². The Balaban J connectivity index is 2.06. The Bertz CT molecular complexity index is 952. The summed E-state index contributed by atoms with van der Waals surface area (Å²) in [5.41, 5.74) is 1.44. The normalized spacial score (nSPS) is 11.2. The second-order valence-corrected chi connectivity index (χ2v) is 5.13. The van der Waals surface area contributed by atoms with Crippen molar-refractivity contribution in [2.45, 2.75) is 0 Å². The minimum atomic E-state index is -1.07. The van der Waals surface area contributed by atoms with E-state index in [-0.39, 0.29) is 17.1 Å². The zero-order chi connectivity index (χ0) is 17.3. The number of rotatable bonds is 4. The molecule has 0 aliphatic carbocycles. The van der Waals surface area contributed by atoms with E-state index >= 15 is 0 Å². The van der Waals surface area contributed by atoms with Gasteiger partial charge in [0.2, 0.25) is 0 Å². The molecule has 0 fully saturated rings. The molecule has 3 aromatic rings. The summed E-state index contributed by atoms with van der Waals surface area (Å²) < 4.78 is 10.7. The average molecular weight is 326 g/mol. The highest BCUT2D eigenvalue weighted by molar-refractivity contribution is 5.91. The first-order valence-corrected chi connectivity index (χ1v) is 7.03. The number of ether oxygens (including phenoxy) is 1. The fourth-order valence-electron chi connectivity index (χ4n) is 2.41. The lowest BCUT2D eigenvalue weighted by molar-refractivity contribution is -0.131. The molecular formula is C18H14O6. The van der Waals surface area contributed by atoms with Crippen LogP contribution in [-0.4, -0.2) is 28.4 Å². The number of carbonyl (C=O) groups is 1. The highest BCUT2D eigenvalue weighted by Crippen LogP contribution is 2.37. The molecule has 0 radical (unpaired) electrons. The summed E-state index contributed by atoms with van der Waals surface area (Å²) >= 11 is 0. The molecule has 24 heavy (non-hydrogen) atoms. The van der Waals surface area contributed by atoms with Crippen molar-refractivity contribution in [1.82, 2.24) is 0 Å². The van der Waals surface area contributed by atoms with Gasteiger partial charge in [0.05, 0.1) is 7.11 Å². The molecule has 0 aliphatic heterocycles. The molecule has 122 valence electrons. The van der Waals surface area contributed by atoms with Gasteiger partial charge in [-0.05, 0) is 48.0 Å². The number of phenols is 2. The fraction of sp³-hybridized carbons (Fsp3) is 0.0556. The quantitative estimate of drug-likeness (QED) is 0.633. The van der Waals surface area contributed by atoms with Crippen molar-refractivity contribution in [1.29, 1.82) is 0 Å². The van der Waals surface area contributed by atoms with Crippen molar-refractivity contribution in [3.05, 3.63) is 48.0 Å². The molecule has 0 aliphatic rings. The van der Waals surface area contributed by atoms with E-state index in [1.54, 1.807) is 24.3 Å². The average Bonchev–Trinajstić information content (AvgIpc) is 2.97. The Morgan fingerprint density at radius 2 is 1.92 bits per heavy atom. The topological polar surface area (TPSA) is 100 Å². The lowest BCUT2D eigenvalue weighted by Crippen LogP contribution is -1.85. The fourth-order valence-corrected chi connectivity index (χ4v) is 2.41. The summed E-state index contributed by atoms with van der Waals surface area (Å²) in [4.78, 5) is 10.6. The molecule has 0 atom stereocenters. The van der Waals surface area contributed by atoms with Gasteiger partial charge in [-0.15, -0.1) is 0 Å². The summed E-state index contributed by atoms with van der Waals surface area (Å²) in [5.74, 6) is -0.390. The standard InChI is InChI=1S/C18H14O6/c1-23-15-4-3-11(8-13(15)19)16-9-12-6-10(2-5-17(21)22)7-14(20)18(12)24-16/h2-9,19-20H,1H3,(H,21,22)/b5-2+. The summed E-state index contributed by atoms with van der Waals surface area (Å²) in [7, 11) is 1.46. The molecule has 0 bridgehead atoms. The lowest BCUT2D eigenvalue weighted by Gasteiger charge is -2.04. The SMILES string of the molecule is COc1ccc(-c2cc3cc(/C=C/C(=O)O)cc(O)c3o2)cc1O. The number of methoxy groups -OCH3 is 1. The van der Waals surface area contributed by atoms with Gasteiger partial charge in [-0.2, -0.15) is 0 Å². The van der Waals surface area contributed by atoms with Crippen LogP contribution in [0.2, 0.25) is 0 Å². The molecule has 1 aromatic heterocycles. The number of benzene rings is 2. The maximum atomic E-state index is 10.6. The highest BCUT2D eigenvalue weighted by Gasteiger charge is 2.12. The first-order chi connectivity index (χ1) is 11.5. The Kier molecular flexibility index (Phi) is 3.87. The third kappa shape index (κ3) is 2.89. The number of hydrogen-bond acceptors (Lipinski definition) is 5. The third-order valence-electron chi connectivity index (χ3n) is 3.50. The number of carboxylic acids is 1. The van der Waals surface area contributed by atoms with Gasteiger partial charge in [0.25, 0.3) is 0 Å². The van der Waals surface area contributed by atoms with Crippen molar-refractivity contribution >= 4 is 23.0 Å². The Labute approximate surface area is 136 Å². The summed E-state index contributed by atoms with van der Waals surface area (Å²) in [6.45, 7) is 0. The molecule has 6 nitrogen and oxygen atoms in total. The van der Waals surface area contributed by atoms with Crippen LogP contribution in [0.15, 0.2) is 46.9 Å². The molecule has 3 N–H and O–H groups in total. The number of aliphatic carboxylic acids is 1. The van der Waals surface area contributed by atoms with E-state index in [2.05, 4.69) is 0 Å². The largest absolute Gasteiger partial charge is 0.504 e. The Hall–Kier alpha value is -3.41. The number of furan rings is 1. The second-order valence-electron chi connectivity index (χ2n) is 5.13. The predicted octanol–water partition coefficient (Wildman–Crippen LogP) is 3.62. The molecule has 0 saturated heterocycles. The van der Waals surface area contributed by atoms with E-state index in [0.717, 1.165) is 6.08 Å². The first kappa shape index (κ1) is 15.5. The van der Waals surface area contributed by atoms with E-state index in [1.165, 1.54) is 25.3 Å². The number of carboxylic acid groups (broad SMARTS) is 1. The van der Waals surface area contributed by atoms with Crippen LogP contribution in [0.4, 0.5) is 0 Å². The van der Waals surface area contributed by atoms with E-state index in [0.29, 0.717) is 28.0 Å². The number of phenolic OH excluding ortho intramolecular Hbond substituents is 2. The van der Waals surface area contributed by atoms with Crippen LogP contribution < -0.4 is 4.74 Å². The Morgan fingerprint density at radius 3 is 2.58 bits per heavy atom. The van der Waals surface area contributed by atoms with Crippen molar-refractivity contribution in [3.8, 4) is 28.6 Å². The van der Waals surface area contributed by atoms with Crippen LogP contribution >= 0.6 is 0 Å². The molecule has 0 spiro atoms. The molecular weight excluding hydrogens is 312 g/mol. The van der Waals surface area contributed by atoms with Gasteiger partial charge in [-0.25, -0.2) is 4.79 Å². The molecule has 0 unspecified atom stereocenters. The number of aromatic hydroxyl groups is 2. The zero-order valence-electron chi connectivity index (χ0n) is 12.7. The van der Waals surface area contributed by atoms with Crippen LogP contribution in [0.25, 0.3) is 28.4 Å². The van der Waals surface area contributed by atoms with Crippen molar-refractivity contribution in [3.63, 3.8) is 0 Å². The number of fused-ring (bicyclic) bond motifs is 1. The molecule has 3 rings (SSSR count). The monoisotopic (exact) mass is 326 g/mol. The highest BCUT2D eigenvalue weighted by atomic mass is 16.5. The maximum Gasteiger partial charge on any atom is 0.328 e. The van der Waals surface area contributed by atoms with E-state index < -0.39 is 5.97 Å². The maximum absolute atomic E-state index is 10.6. The minimum absolute atomic E-state index is 0.0234. The Morgan fingerprint density at radius 1 is 1.12 bits per heavy atom. The first-order valence-electron chi connectivity index (χ1n) is 7.03. The lowest BCUT2D eigenvalue weighted by atomic mass is 10.1. The van der Waals surface area contributed by atoms with Gasteiger partial charge in [0, 0.05) is 17.0 Å². The molecule has 6 heteroatoms. The second kappa shape index (κ2) is 6.00. The van der Waals surface area contributed by atoms with Gasteiger partial charge in [-0.1, -0.05) is 0 Å². The third-order valence-corrected chi connectivity index (χ3v) is 3.50. The van der Waals surface area contributed by atoms with Crippen LogP contribution in [0.5, 0.6) is 17.2 Å². The molecule has 0 amide bonds. The van der Waals surface area contributed by atoms with Crippen LogP contribution in [0.3, 0.4) is 0 Å². The molecule has 2 aromatic carbocycles. The van der Waals surface area contributed by atoms with Crippen molar-refractivity contribution in [2.75, 3.05) is 7.11 Å². The number of hydrogen-bond donors (Lipinski definition) is 3. The summed E-state index contributed by atoms with van der Waals surface area (Å²) in [5, 5.41) is 29.2. The smallest absolute Gasteiger partial charge is 0.328 e. The van der Waals surface area contributed by atoms with Crippen LogP contribution in [-0.2, 0) is 4.79 Å². The minimum Gasteiger partial charge on any atom is -0.504 e. The van der Waals surface area contributed by atoms with Crippen molar-refractivity contribution in [2.24, 2.45) is 0 Å². The van der Waals surface area contributed by atoms with Crippen LogP contribution in [0, 0.1) is 0 Å². The summed E-state index contributed by atoms with van der Waals surface area (Å²) in [6, 6.07) is 9.65. The molecule has 1 heterocycles. The van der Waals surface area contributed by atoms with Gasteiger partial charge in [0.15, 0.2) is 22.8 Å². The van der Waals surface area contributed by atoms with Gasteiger partial charge in [0.1, 0.15) is 5.76 Å².